The highest BCUT2D eigenvalue weighted by Gasteiger charge is 2.35. The molecule has 78 valence electrons. The van der Waals surface area contributed by atoms with Crippen LogP contribution >= 0.6 is 39.1 Å². The summed E-state index contributed by atoms with van der Waals surface area (Å²) >= 11 is 13.8. The van der Waals surface area contributed by atoms with E-state index in [0.717, 1.165) is 0 Å². The lowest BCUT2D eigenvalue weighted by molar-refractivity contribution is -0.138. The third-order valence-corrected chi connectivity index (χ3v) is 2.77. The minimum absolute atomic E-state index is 0.0897. The highest BCUT2D eigenvalue weighted by molar-refractivity contribution is 9.10. The largest absolute Gasteiger partial charge is 0.418 e. The van der Waals surface area contributed by atoms with Gasteiger partial charge in [0.2, 0.25) is 0 Å². The first-order chi connectivity index (χ1) is 6.36. The first-order valence-electron chi connectivity index (χ1n) is 3.47. The summed E-state index contributed by atoms with van der Waals surface area (Å²) in [6.45, 7) is 0. The van der Waals surface area contributed by atoms with Gasteiger partial charge in [0.05, 0.1) is 10.6 Å². The quantitative estimate of drug-likeness (QED) is 0.650. The van der Waals surface area contributed by atoms with Gasteiger partial charge >= 0.3 is 6.18 Å². The van der Waals surface area contributed by atoms with Crippen molar-refractivity contribution in [3.63, 3.8) is 0 Å². The van der Waals surface area contributed by atoms with Crippen LogP contribution < -0.4 is 0 Å². The van der Waals surface area contributed by atoms with Crippen molar-refractivity contribution in [1.29, 1.82) is 0 Å². The van der Waals surface area contributed by atoms with Crippen LogP contribution in [0, 0.1) is 0 Å². The smallest absolute Gasteiger partial charge is 0.166 e. The number of rotatable bonds is 1. The molecule has 0 aromatic heterocycles. The Kier molecular flexibility index (Phi) is 3.72. The molecule has 0 nitrogen and oxygen atoms in total. The maximum absolute atomic E-state index is 12.4. The summed E-state index contributed by atoms with van der Waals surface area (Å²) in [5.74, 6) is 0.121. The van der Waals surface area contributed by atoms with Gasteiger partial charge in [0.1, 0.15) is 0 Å². The summed E-state index contributed by atoms with van der Waals surface area (Å²) in [4.78, 5) is 0. The van der Waals surface area contributed by atoms with E-state index in [-0.39, 0.29) is 15.4 Å². The molecule has 0 N–H and O–H groups in total. The molecular weight excluding hydrogens is 304 g/mol. The minimum Gasteiger partial charge on any atom is -0.166 e. The first kappa shape index (κ1) is 12.1. The van der Waals surface area contributed by atoms with E-state index in [1.807, 2.05) is 0 Å². The molecule has 14 heavy (non-hydrogen) atoms. The predicted octanol–water partition coefficient (Wildman–Crippen LogP) is 4.86. The van der Waals surface area contributed by atoms with Crippen LogP contribution in [0.15, 0.2) is 16.6 Å². The zero-order valence-electron chi connectivity index (χ0n) is 6.63. The van der Waals surface area contributed by atoms with E-state index in [1.54, 1.807) is 0 Å². The van der Waals surface area contributed by atoms with Crippen LogP contribution in [0.25, 0.3) is 0 Å². The van der Waals surface area contributed by atoms with Gasteiger partial charge in [0, 0.05) is 10.4 Å². The zero-order chi connectivity index (χ0) is 10.9. The molecule has 0 heterocycles. The van der Waals surface area contributed by atoms with Crippen LogP contribution in [0.2, 0.25) is 5.02 Å². The lowest BCUT2D eigenvalue weighted by Crippen LogP contribution is -2.07. The van der Waals surface area contributed by atoms with E-state index < -0.39 is 11.7 Å². The van der Waals surface area contributed by atoms with Crippen molar-refractivity contribution in [2.24, 2.45) is 0 Å². The molecule has 0 spiro atoms. The standard InChI is InChI=1S/C8H4BrCl2F3/c9-5-1-4(3-10)2-6(11)7(5)8(12,13)14/h1-2H,3H2. The second-order valence-corrected chi connectivity index (χ2v) is 4.09. The van der Waals surface area contributed by atoms with Gasteiger partial charge in [-0.2, -0.15) is 13.2 Å². The molecule has 0 fully saturated rings. The van der Waals surface area contributed by atoms with Crippen molar-refractivity contribution in [1.82, 2.24) is 0 Å². The van der Waals surface area contributed by atoms with E-state index in [4.69, 9.17) is 23.2 Å². The molecule has 0 aliphatic heterocycles. The molecule has 0 aliphatic rings. The van der Waals surface area contributed by atoms with Gasteiger partial charge in [-0.25, -0.2) is 0 Å². The molecule has 6 heteroatoms. The van der Waals surface area contributed by atoms with Gasteiger partial charge < -0.3 is 0 Å². The van der Waals surface area contributed by atoms with Crippen LogP contribution in [0.4, 0.5) is 13.2 Å². The van der Waals surface area contributed by atoms with Gasteiger partial charge in [-0.3, -0.25) is 0 Å². The van der Waals surface area contributed by atoms with Gasteiger partial charge in [-0.15, -0.1) is 11.6 Å². The van der Waals surface area contributed by atoms with Crippen molar-refractivity contribution in [2.75, 3.05) is 0 Å². The van der Waals surface area contributed by atoms with Gasteiger partial charge in [-0.05, 0) is 17.7 Å². The van der Waals surface area contributed by atoms with E-state index in [1.165, 1.54) is 12.1 Å². The second kappa shape index (κ2) is 4.29. The van der Waals surface area contributed by atoms with Crippen molar-refractivity contribution < 1.29 is 13.2 Å². The lowest BCUT2D eigenvalue weighted by Gasteiger charge is -2.12. The topological polar surface area (TPSA) is 0 Å². The fraction of sp³-hybridized carbons (Fsp3) is 0.250. The molecule has 0 saturated heterocycles. The Hall–Kier alpha value is 0.0700. The van der Waals surface area contributed by atoms with Crippen molar-refractivity contribution in [3.8, 4) is 0 Å². The highest BCUT2D eigenvalue weighted by Crippen LogP contribution is 2.40. The first-order valence-corrected chi connectivity index (χ1v) is 5.18. The maximum Gasteiger partial charge on any atom is 0.418 e. The number of alkyl halides is 4. The Morgan fingerprint density at radius 2 is 1.86 bits per heavy atom. The fourth-order valence-electron chi connectivity index (χ4n) is 0.974. The zero-order valence-corrected chi connectivity index (χ0v) is 9.73. The van der Waals surface area contributed by atoms with Gasteiger partial charge in [0.15, 0.2) is 0 Å². The summed E-state index contributed by atoms with van der Waals surface area (Å²) in [6, 6.07) is 2.52. The SMILES string of the molecule is FC(F)(F)c1c(Cl)cc(CCl)cc1Br. The fourth-order valence-corrected chi connectivity index (χ4v) is 2.32. The summed E-state index contributed by atoms with van der Waals surface area (Å²) in [5, 5.41) is -0.345. The number of hydrogen-bond donors (Lipinski definition) is 0. The number of halogens is 6. The van der Waals surface area contributed by atoms with E-state index in [9.17, 15) is 13.2 Å². The molecule has 1 aromatic rings. The summed E-state index contributed by atoms with van der Waals surface area (Å²) in [7, 11) is 0. The maximum atomic E-state index is 12.4. The lowest BCUT2D eigenvalue weighted by atomic mass is 10.1. The summed E-state index contributed by atoms with van der Waals surface area (Å²) < 4.78 is 37.1. The van der Waals surface area contributed by atoms with Crippen LogP contribution in [-0.4, -0.2) is 0 Å². The highest BCUT2D eigenvalue weighted by atomic mass is 79.9. The summed E-state index contributed by atoms with van der Waals surface area (Å²) in [5.41, 5.74) is -0.329. The molecule has 0 radical (unpaired) electrons. The van der Waals surface area contributed by atoms with Crippen LogP contribution in [0.5, 0.6) is 0 Å². The van der Waals surface area contributed by atoms with E-state index in [0.29, 0.717) is 5.56 Å². The Morgan fingerprint density at radius 1 is 1.29 bits per heavy atom. The van der Waals surface area contributed by atoms with Crippen LogP contribution in [0.1, 0.15) is 11.1 Å². The molecule has 1 aromatic carbocycles. The van der Waals surface area contributed by atoms with Crippen LogP contribution in [-0.2, 0) is 12.1 Å². The summed E-state index contributed by atoms with van der Waals surface area (Å²) in [6.07, 6.45) is -4.46. The average molecular weight is 308 g/mol. The third kappa shape index (κ3) is 2.55. The van der Waals surface area contributed by atoms with Crippen molar-refractivity contribution >= 4 is 39.1 Å². The molecule has 1 rings (SSSR count). The molecule has 0 bridgehead atoms. The molecule has 0 saturated carbocycles. The Morgan fingerprint density at radius 3 is 2.21 bits per heavy atom. The molecule has 0 unspecified atom stereocenters. The van der Waals surface area contributed by atoms with Crippen molar-refractivity contribution in [3.05, 3.63) is 32.8 Å². The number of hydrogen-bond acceptors (Lipinski definition) is 0. The van der Waals surface area contributed by atoms with Gasteiger partial charge in [0.25, 0.3) is 0 Å². The monoisotopic (exact) mass is 306 g/mol. The third-order valence-electron chi connectivity index (χ3n) is 1.54. The van der Waals surface area contributed by atoms with E-state index in [2.05, 4.69) is 15.9 Å². The van der Waals surface area contributed by atoms with Gasteiger partial charge in [-0.1, -0.05) is 27.5 Å². The predicted molar refractivity (Wildman–Crippen MR) is 53.7 cm³/mol. The molecule has 0 aliphatic carbocycles. The van der Waals surface area contributed by atoms with E-state index >= 15 is 0 Å². The minimum atomic E-state index is -4.46. The molecular formula is C8H4BrCl2F3. The normalized spacial score (nSPS) is 11.9. The average Bonchev–Trinajstić information content (AvgIpc) is 1.99. The van der Waals surface area contributed by atoms with Crippen molar-refractivity contribution in [2.45, 2.75) is 12.1 Å². The Labute approximate surface area is 97.1 Å². The molecule has 0 amide bonds. The van der Waals surface area contributed by atoms with Crippen LogP contribution in [0.3, 0.4) is 0 Å². The Balaban J connectivity index is 3.33. The molecule has 0 atom stereocenters. The number of benzene rings is 1. The Bertz CT molecular complexity index is 326. The second-order valence-electron chi connectivity index (χ2n) is 2.57.